The van der Waals surface area contributed by atoms with Crippen LogP contribution >= 0.6 is 0 Å². The van der Waals surface area contributed by atoms with E-state index in [0.717, 1.165) is 6.07 Å². The SMILES string of the molecule is Nc1ccc([N+](=O)[O-])cc1ON=O. The van der Waals surface area contributed by atoms with Crippen molar-refractivity contribution in [2.45, 2.75) is 0 Å². The van der Waals surface area contributed by atoms with Crippen molar-refractivity contribution in [1.29, 1.82) is 0 Å². The number of benzene rings is 1. The minimum atomic E-state index is -0.628. The van der Waals surface area contributed by atoms with Gasteiger partial charge in [-0.1, -0.05) is 0 Å². The molecule has 13 heavy (non-hydrogen) atoms. The molecule has 1 aromatic carbocycles. The molecule has 0 saturated carbocycles. The minimum Gasteiger partial charge on any atom is -0.396 e. The smallest absolute Gasteiger partial charge is 0.273 e. The van der Waals surface area contributed by atoms with Crippen LogP contribution in [0.3, 0.4) is 0 Å². The van der Waals surface area contributed by atoms with Gasteiger partial charge in [0.2, 0.25) is 0 Å². The van der Waals surface area contributed by atoms with Gasteiger partial charge in [0, 0.05) is 6.07 Å². The van der Waals surface area contributed by atoms with Crippen LogP contribution in [0.1, 0.15) is 0 Å². The number of rotatable bonds is 3. The average Bonchev–Trinajstić information content (AvgIpc) is 2.08. The van der Waals surface area contributed by atoms with Gasteiger partial charge in [-0.3, -0.25) is 10.1 Å². The monoisotopic (exact) mass is 183 g/mol. The molecule has 7 heteroatoms. The summed E-state index contributed by atoms with van der Waals surface area (Å²) in [7, 11) is 0. The second-order valence-corrected chi connectivity index (χ2v) is 2.15. The van der Waals surface area contributed by atoms with Crippen LogP contribution in [0.4, 0.5) is 11.4 Å². The van der Waals surface area contributed by atoms with Crippen LogP contribution < -0.4 is 10.6 Å². The molecule has 0 atom stereocenters. The van der Waals surface area contributed by atoms with E-state index in [0.29, 0.717) is 0 Å². The van der Waals surface area contributed by atoms with Gasteiger partial charge < -0.3 is 10.6 Å². The van der Waals surface area contributed by atoms with E-state index >= 15 is 0 Å². The van der Waals surface area contributed by atoms with Gasteiger partial charge in [-0.05, 0) is 6.07 Å². The maximum atomic E-state index is 10.3. The van der Waals surface area contributed by atoms with Crippen molar-refractivity contribution in [1.82, 2.24) is 0 Å². The number of nitrogens with zero attached hydrogens (tertiary/aromatic N) is 2. The molecule has 7 nitrogen and oxygen atoms in total. The fraction of sp³-hybridized carbons (Fsp3) is 0. The summed E-state index contributed by atoms with van der Waals surface area (Å²) >= 11 is 0. The fourth-order valence-electron chi connectivity index (χ4n) is 0.756. The van der Waals surface area contributed by atoms with E-state index in [-0.39, 0.29) is 17.1 Å². The molecule has 68 valence electrons. The van der Waals surface area contributed by atoms with Crippen molar-refractivity contribution in [2.75, 3.05) is 5.73 Å². The Kier molecular flexibility index (Phi) is 2.38. The van der Waals surface area contributed by atoms with E-state index in [2.05, 4.69) is 10.2 Å². The summed E-state index contributed by atoms with van der Waals surface area (Å²) in [4.78, 5) is 23.5. The van der Waals surface area contributed by atoms with Crippen molar-refractivity contribution >= 4 is 11.4 Å². The summed E-state index contributed by atoms with van der Waals surface area (Å²) in [6, 6.07) is 3.49. The highest BCUT2D eigenvalue weighted by Gasteiger charge is 2.10. The summed E-state index contributed by atoms with van der Waals surface area (Å²) in [5, 5.41) is 12.4. The summed E-state index contributed by atoms with van der Waals surface area (Å²) < 4.78 is 0. The Bertz CT molecular complexity index is 352. The lowest BCUT2D eigenvalue weighted by atomic mass is 10.2. The van der Waals surface area contributed by atoms with Crippen LogP contribution in [0.2, 0.25) is 0 Å². The first-order valence-corrected chi connectivity index (χ1v) is 3.18. The van der Waals surface area contributed by atoms with Crippen molar-refractivity contribution in [3.8, 4) is 5.75 Å². The maximum absolute atomic E-state index is 10.3. The zero-order chi connectivity index (χ0) is 9.84. The molecule has 0 heterocycles. The van der Waals surface area contributed by atoms with Crippen molar-refractivity contribution in [2.24, 2.45) is 5.34 Å². The number of nitrogens with two attached hydrogens (primary N) is 1. The number of nitro benzene ring substituents is 1. The number of nitrogen functional groups attached to an aromatic ring is 1. The third-order valence-corrected chi connectivity index (χ3v) is 1.34. The van der Waals surface area contributed by atoms with E-state index in [1.807, 2.05) is 0 Å². The Balaban J connectivity index is 3.10. The summed E-state index contributed by atoms with van der Waals surface area (Å²) in [5.74, 6) is -0.121. The zero-order valence-corrected chi connectivity index (χ0v) is 6.34. The van der Waals surface area contributed by atoms with Crippen LogP contribution in [0, 0.1) is 15.0 Å². The largest absolute Gasteiger partial charge is 0.396 e. The zero-order valence-electron chi connectivity index (χ0n) is 6.34. The molecule has 0 aliphatic carbocycles. The normalized spacial score (nSPS) is 9.23. The van der Waals surface area contributed by atoms with E-state index in [1.54, 1.807) is 0 Å². The molecular weight excluding hydrogens is 178 g/mol. The lowest BCUT2D eigenvalue weighted by Gasteiger charge is -1.98. The average molecular weight is 183 g/mol. The van der Waals surface area contributed by atoms with E-state index in [4.69, 9.17) is 5.73 Å². The number of nitro groups is 1. The molecule has 0 aliphatic rings. The van der Waals surface area contributed by atoms with Gasteiger partial charge in [-0.2, -0.15) is 0 Å². The molecule has 0 amide bonds. The van der Waals surface area contributed by atoms with Crippen molar-refractivity contribution < 1.29 is 9.76 Å². The highest BCUT2D eigenvalue weighted by molar-refractivity contribution is 5.57. The highest BCUT2D eigenvalue weighted by atomic mass is 16.7. The Morgan fingerprint density at radius 2 is 2.23 bits per heavy atom. The standard InChI is InChI=1S/C6H5N3O4/c7-5-2-1-4(9(11)12)3-6(5)13-8-10/h1-3H,7H2. The van der Waals surface area contributed by atoms with Crippen molar-refractivity contribution in [3.63, 3.8) is 0 Å². The van der Waals surface area contributed by atoms with Crippen LogP contribution in [-0.4, -0.2) is 4.92 Å². The lowest BCUT2D eigenvalue weighted by molar-refractivity contribution is -0.384. The van der Waals surface area contributed by atoms with E-state index in [1.165, 1.54) is 12.1 Å². The summed E-state index contributed by atoms with van der Waals surface area (Å²) in [5.41, 5.74) is 5.23. The van der Waals surface area contributed by atoms with Crippen LogP contribution in [0.15, 0.2) is 23.5 Å². The van der Waals surface area contributed by atoms with Crippen molar-refractivity contribution in [3.05, 3.63) is 33.2 Å². The van der Waals surface area contributed by atoms with Gasteiger partial charge in [-0.25, -0.2) is 0 Å². The first kappa shape index (κ1) is 8.91. The molecule has 0 fully saturated rings. The third kappa shape index (κ3) is 1.89. The van der Waals surface area contributed by atoms with Gasteiger partial charge in [-0.15, -0.1) is 4.91 Å². The van der Waals surface area contributed by atoms with E-state index in [9.17, 15) is 15.0 Å². The number of hydrogen-bond donors (Lipinski definition) is 1. The molecule has 0 aliphatic heterocycles. The molecule has 0 saturated heterocycles. The summed E-state index contributed by atoms with van der Waals surface area (Å²) in [6.45, 7) is 0. The molecule has 2 N–H and O–H groups in total. The quantitative estimate of drug-likeness (QED) is 0.328. The molecule has 0 spiro atoms. The molecule has 0 radical (unpaired) electrons. The van der Waals surface area contributed by atoms with E-state index < -0.39 is 4.92 Å². The number of hydrogen-bond acceptors (Lipinski definition) is 6. The second kappa shape index (κ2) is 3.48. The summed E-state index contributed by atoms with van der Waals surface area (Å²) in [6.07, 6.45) is 0. The van der Waals surface area contributed by atoms with Gasteiger partial charge in [0.1, 0.15) is 0 Å². The van der Waals surface area contributed by atoms with Crippen LogP contribution in [-0.2, 0) is 0 Å². The molecule has 0 bridgehead atoms. The second-order valence-electron chi connectivity index (χ2n) is 2.15. The van der Waals surface area contributed by atoms with Gasteiger partial charge >= 0.3 is 0 Å². The first-order valence-electron chi connectivity index (χ1n) is 3.18. The molecule has 0 unspecified atom stereocenters. The number of anilines is 1. The molecular formula is C6H5N3O4. The Labute approximate surface area is 72.2 Å². The fourth-order valence-corrected chi connectivity index (χ4v) is 0.756. The Morgan fingerprint density at radius 3 is 2.77 bits per heavy atom. The third-order valence-electron chi connectivity index (χ3n) is 1.34. The molecule has 0 aromatic heterocycles. The molecule has 1 aromatic rings. The van der Waals surface area contributed by atoms with Gasteiger partial charge in [0.25, 0.3) is 5.69 Å². The van der Waals surface area contributed by atoms with Crippen LogP contribution in [0.25, 0.3) is 0 Å². The number of non-ortho nitro benzene ring substituents is 1. The minimum absolute atomic E-state index is 0.116. The Morgan fingerprint density at radius 1 is 1.54 bits per heavy atom. The Hall–Kier alpha value is -2.18. The lowest BCUT2D eigenvalue weighted by Crippen LogP contribution is -1.93. The maximum Gasteiger partial charge on any atom is 0.273 e. The molecule has 1 rings (SSSR count). The van der Waals surface area contributed by atoms with Crippen LogP contribution in [0.5, 0.6) is 5.75 Å². The topological polar surface area (TPSA) is 108 Å². The highest BCUT2D eigenvalue weighted by Crippen LogP contribution is 2.26. The van der Waals surface area contributed by atoms with Gasteiger partial charge in [0.15, 0.2) is 11.1 Å². The first-order chi connectivity index (χ1) is 6.15. The van der Waals surface area contributed by atoms with Gasteiger partial charge in [0.05, 0.1) is 16.7 Å². The predicted octanol–water partition coefficient (Wildman–Crippen LogP) is 1.24. The predicted molar refractivity (Wildman–Crippen MR) is 43.9 cm³/mol.